The van der Waals surface area contributed by atoms with Gasteiger partial charge in [-0.1, -0.05) is 18.6 Å². The molecule has 0 saturated heterocycles. The molecule has 5 nitrogen and oxygen atoms in total. The summed E-state index contributed by atoms with van der Waals surface area (Å²) in [4.78, 5) is 24.1. The molecule has 148 valence electrons. The molecular formula is C21H27FO5. The van der Waals surface area contributed by atoms with Crippen molar-refractivity contribution in [2.75, 3.05) is 6.61 Å². The predicted molar refractivity (Wildman–Crippen MR) is 95.4 cm³/mol. The number of aliphatic hydroxyl groups excluding tert-OH is 2. The van der Waals surface area contributed by atoms with Crippen LogP contribution < -0.4 is 0 Å². The molecule has 3 fully saturated rings. The van der Waals surface area contributed by atoms with Gasteiger partial charge in [0.15, 0.2) is 17.2 Å². The molecule has 7 atom stereocenters. The van der Waals surface area contributed by atoms with Gasteiger partial charge in [-0.05, 0) is 57.1 Å². The van der Waals surface area contributed by atoms with E-state index in [2.05, 4.69) is 0 Å². The van der Waals surface area contributed by atoms with Crippen LogP contribution in [0.1, 0.15) is 46.0 Å². The van der Waals surface area contributed by atoms with Gasteiger partial charge in [-0.15, -0.1) is 0 Å². The molecular weight excluding hydrogens is 351 g/mol. The fraction of sp³-hybridized carbons (Fsp3) is 0.714. The molecule has 0 aliphatic heterocycles. The lowest BCUT2D eigenvalue weighted by Crippen LogP contribution is -2.69. The summed E-state index contributed by atoms with van der Waals surface area (Å²) < 4.78 is 16.7. The fourth-order valence-corrected chi connectivity index (χ4v) is 6.80. The number of allylic oxidation sites excluding steroid dienone is 4. The molecule has 3 N–H and O–H groups in total. The largest absolute Gasteiger partial charge is 0.390 e. The first-order valence-corrected chi connectivity index (χ1v) is 9.72. The molecule has 0 radical (unpaired) electrons. The van der Waals surface area contributed by atoms with Crippen molar-refractivity contribution >= 4 is 11.6 Å². The standard InChI is InChI=1S/C21H27FO5/c1-18-7-5-13(24)9-12(18)3-4-15-14-6-8-20(27,17(26)11-23)19(14,2)10-16(25)21(15,18)22/h5,7,9,14-16,23,25,27H,3-4,6,8,10-11H2,1-2H3/t14-,15-,16?,18-,19-,20-,21-/m0/s1. The highest BCUT2D eigenvalue weighted by molar-refractivity contribution is 6.01. The highest BCUT2D eigenvalue weighted by Gasteiger charge is 2.73. The third kappa shape index (κ3) is 2.04. The Hall–Kier alpha value is -1.37. The first kappa shape index (κ1) is 19.0. The van der Waals surface area contributed by atoms with Crippen LogP contribution in [0, 0.1) is 22.7 Å². The Bertz CT molecular complexity index is 775. The second-order valence-corrected chi connectivity index (χ2v) is 9.24. The van der Waals surface area contributed by atoms with E-state index in [-0.39, 0.29) is 24.5 Å². The molecule has 4 aliphatic rings. The van der Waals surface area contributed by atoms with E-state index in [0.717, 1.165) is 0 Å². The maximum atomic E-state index is 16.7. The molecule has 0 aromatic rings. The number of carbonyl (C=O) groups is 2. The molecule has 4 rings (SSSR count). The quantitative estimate of drug-likeness (QED) is 0.679. The maximum absolute atomic E-state index is 16.7. The number of Topliss-reactive ketones (excluding diaryl/α,β-unsaturated/α-hetero) is 1. The number of fused-ring (bicyclic) bond motifs is 5. The van der Waals surface area contributed by atoms with Gasteiger partial charge in [0, 0.05) is 16.7 Å². The highest BCUT2D eigenvalue weighted by Crippen LogP contribution is 2.69. The molecule has 4 aliphatic carbocycles. The molecule has 1 unspecified atom stereocenters. The fourth-order valence-electron chi connectivity index (χ4n) is 6.80. The van der Waals surface area contributed by atoms with Gasteiger partial charge >= 0.3 is 0 Å². The Kier molecular flexibility index (Phi) is 3.92. The minimum absolute atomic E-state index is 0.0580. The van der Waals surface area contributed by atoms with Gasteiger partial charge in [-0.3, -0.25) is 9.59 Å². The molecule has 27 heavy (non-hydrogen) atoms. The number of alkyl halides is 1. The Labute approximate surface area is 158 Å². The molecule has 0 spiro atoms. The number of rotatable bonds is 2. The molecule has 0 heterocycles. The molecule has 6 heteroatoms. The number of carbonyl (C=O) groups excluding carboxylic acids is 2. The summed E-state index contributed by atoms with van der Waals surface area (Å²) in [6.07, 6.45) is 4.65. The lowest BCUT2D eigenvalue weighted by atomic mass is 9.44. The molecule has 0 amide bonds. The summed E-state index contributed by atoms with van der Waals surface area (Å²) in [5.41, 5.74) is -5.07. The number of halogens is 1. The summed E-state index contributed by atoms with van der Waals surface area (Å²) in [5, 5.41) is 31.5. The number of ketones is 2. The van der Waals surface area contributed by atoms with Crippen molar-refractivity contribution in [3.05, 3.63) is 23.8 Å². The van der Waals surface area contributed by atoms with E-state index in [4.69, 9.17) is 0 Å². The summed E-state index contributed by atoms with van der Waals surface area (Å²) >= 11 is 0. The van der Waals surface area contributed by atoms with Crippen LogP contribution in [0.2, 0.25) is 0 Å². The molecule has 0 bridgehead atoms. The number of hydrogen-bond donors (Lipinski definition) is 3. The van der Waals surface area contributed by atoms with Crippen molar-refractivity contribution in [3.8, 4) is 0 Å². The van der Waals surface area contributed by atoms with Gasteiger partial charge in [0.2, 0.25) is 0 Å². The Balaban J connectivity index is 1.81. The van der Waals surface area contributed by atoms with Crippen molar-refractivity contribution in [1.82, 2.24) is 0 Å². The Morgan fingerprint density at radius 3 is 2.67 bits per heavy atom. The van der Waals surface area contributed by atoms with Crippen LogP contribution >= 0.6 is 0 Å². The van der Waals surface area contributed by atoms with Crippen molar-refractivity contribution in [3.63, 3.8) is 0 Å². The monoisotopic (exact) mass is 378 g/mol. The average Bonchev–Trinajstić information content (AvgIpc) is 2.88. The van der Waals surface area contributed by atoms with Gasteiger partial charge in [0.1, 0.15) is 12.2 Å². The van der Waals surface area contributed by atoms with E-state index in [1.165, 1.54) is 12.2 Å². The predicted octanol–water partition coefficient (Wildman–Crippen LogP) is 1.65. The van der Waals surface area contributed by atoms with E-state index >= 15 is 4.39 Å². The third-order valence-corrected chi connectivity index (χ3v) is 8.40. The molecule has 0 aromatic carbocycles. The summed E-state index contributed by atoms with van der Waals surface area (Å²) in [7, 11) is 0. The average molecular weight is 378 g/mol. The van der Waals surface area contributed by atoms with Crippen molar-refractivity contribution in [2.24, 2.45) is 22.7 Å². The topological polar surface area (TPSA) is 94.8 Å². The van der Waals surface area contributed by atoms with Gasteiger partial charge in [0.05, 0.1) is 6.10 Å². The summed E-state index contributed by atoms with van der Waals surface area (Å²) in [6.45, 7) is 2.71. The lowest BCUT2D eigenvalue weighted by Gasteiger charge is -2.62. The van der Waals surface area contributed by atoms with E-state index in [1.807, 2.05) is 0 Å². The molecule has 3 saturated carbocycles. The minimum Gasteiger partial charge on any atom is -0.390 e. The van der Waals surface area contributed by atoms with Crippen LogP contribution in [0.4, 0.5) is 4.39 Å². The lowest BCUT2D eigenvalue weighted by molar-refractivity contribution is -0.217. The zero-order valence-electron chi connectivity index (χ0n) is 15.7. The Morgan fingerprint density at radius 2 is 2.00 bits per heavy atom. The van der Waals surface area contributed by atoms with E-state index in [1.54, 1.807) is 19.9 Å². The number of aliphatic hydroxyl groups is 3. The van der Waals surface area contributed by atoms with Gasteiger partial charge in [-0.2, -0.15) is 0 Å². The van der Waals surface area contributed by atoms with Crippen molar-refractivity contribution in [2.45, 2.75) is 63.3 Å². The minimum atomic E-state index is -1.97. The summed E-state index contributed by atoms with van der Waals surface area (Å²) in [6, 6.07) is 0. The van der Waals surface area contributed by atoms with Crippen LogP contribution in [0.3, 0.4) is 0 Å². The highest BCUT2D eigenvalue weighted by atomic mass is 19.1. The zero-order chi connectivity index (χ0) is 19.8. The van der Waals surface area contributed by atoms with E-state index < -0.39 is 46.5 Å². The Morgan fingerprint density at radius 1 is 1.30 bits per heavy atom. The molecule has 0 aromatic heterocycles. The first-order valence-electron chi connectivity index (χ1n) is 9.72. The van der Waals surface area contributed by atoms with Crippen LogP contribution in [0.5, 0.6) is 0 Å². The van der Waals surface area contributed by atoms with Crippen LogP contribution in [-0.4, -0.2) is 50.9 Å². The first-order chi connectivity index (χ1) is 12.5. The SMILES string of the molecule is C[C@]12C=CC(=O)C=C1CC[C@H]1[C@@H]3CC[C@](O)(C(=O)CO)[C@@]3(C)CC(O)[C@@]12F. The van der Waals surface area contributed by atoms with Gasteiger partial charge in [0.25, 0.3) is 0 Å². The van der Waals surface area contributed by atoms with Crippen LogP contribution in [-0.2, 0) is 9.59 Å². The normalized spacial score (nSPS) is 51.3. The van der Waals surface area contributed by atoms with Crippen LogP contribution in [0.25, 0.3) is 0 Å². The smallest absolute Gasteiger partial charge is 0.190 e. The van der Waals surface area contributed by atoms with Crippen LogP contribution in [0.15, 0.2) is 23.8 Å². The van der Waals surface area contributed by atoms with E-state index in [0.29, 0.717) is 24.8 Å². The van der Waals surface area contributed by atoms with Crippen molar-refractivity contribution < 1.29 is 29.3 Å². The maximum Gasteiger partial charge on any atom is 0.190 e. The van der Waals surface area contributed by atoms with Gasteiger partial charge < -0.3 is 15.3 Å². The zero-order valence-corrected chi connectivity index (χ0v) is 15.7. The number of hydrogen-bond acceptors (Lipinski definition) is 5. The second kappa shape index (κ2) is 5.58. The third-order valence-electron chi connectivity index (χ3n) is 8.40. The van der Waals surface area contributed by atoms with E-state index in [9.17, 15) is 24.9 Å². The van der Waals surface area contributed by atoms with Crippen molar-refractivity contribution in [1.29, 1.82) is 0 Å². The van der Waals surface area contributed by atoms with Gasteiger partial charge in [-0.25, -0.2) is 4.39 Å². The summed E-state index contributed by atoms with van der Waals surface area (Å²) in [5.74, 6) is -1.64. The second-order valence-electron chi connectivity index (χ2n) is 9.24.